The van der Waals surface area contributed by atoms with Gasteiger partial charge in [0.15, 0.2) is 11.6 Å². The molecule has 0 unspecified atom stereocenters. The van der Waals surface area contributed by atoms with E-state index >= 15 is 0 Å². The van der Waals surface area contributed by atoms with Gasteiger partial charge in [-0.1, -0.05) is 32.0 Å². The molecule has 29 heavy (non-hydrogen) atoms. The summed E-state index contributed by atoms with van der Waals surface area (Å²) in [6.07, 6.45) is 0. The standard InChI is InChI=1S/C21H23F2N3O3/c1-12(2)19(26-20(28)15-7-5-4-6-13(15)3)21(29)24-11-18(27)25-14-8-9-16(22)17(23)10-14/h4-10,12,19H,11H2,1-3H3,(H,24,29)(H,25,27)(H,26,28)/t19-/m1/s1. The number of anilines is 1. The molecule has 2 rings (SSSR count). The minimum atomic E-state index is -1.09. The van der Waals surface area contributed by atoms with Crippen LogP contribution in [0.3, 0.4) is 0 Å². The summed E-state index contributed by atoms with van der Waals surface area (Å²) in [6.45, 7) is 4.94. The van der Waals surface area contributed by atoms with Crippen LogP contribution >= 0.6 is 0 Å². The minimum Gasteiger partial charge on any atom is -0.345 e. The van der Waals surface area contributed by atoms with E-state index in [1.807, 2.05) is 6.07 Å². The Balaban J connectivity index is 1.95. The molecule has 0 aromatic heterocycles. The largest absolute Gasteiger partial charge is 0.345 e. The molecule has 6 nitrogen and oxygen atoms in total. The molecule has 2 aromatic carbocycles. The second-order valence-electron chi connectivity index (χ2n) is 6.90. The first-order valence-corrected chi connectivity index (χ1v) is 9.08. The summed E-state index contributed by atoms with van der Waals surface area (Å²) in [6, 6.07) is 9.08. The zero-order chi connectivity index (χ0) is 21.6. The molecule has 0 aliphatic carbocycles. The van der Waals surface area contributed by atoms with E-state index in [-0.39, 0.29) is 24.1 Å². The number of amides is 3. The molecule has 0 spiro atoms. The summed E-state index contributed by atoms with van der Waals surface area (Å²) < 4.78 is 26.1. The van der Waals surface area contributed by atoms with Crippen LogP contribution < -0.4 is 16.0 Å². The lowest BCUT2D eigenvalue weighted by Crippen LogP contribution is -2.51. The summed E-state index contributed by atoms with van der Waals surface area (Å²) in [5, 5.41) is 7.49. The van der Waals surface area contributed by atoms with Gasteiger partial charge >= 0.3 is 0 Å². The molecule has 8 heteroatoms. The van der Waals surface area contributed by atoms with Gasteiger partial charge in [0.05, 0.1) is 6.54 Å². The third kappa shape index (κ3) is 6.10. The predicted molar refractivity (Wildman–Crippen MR) is 105 cm³/mol. The van der Waals surface area contributed by atoms with E-state index in [1.165, 1.54) is 6.07 Å². The Bertz CT molecular complexity index is 916. The number of nitrogens with one attached hydrogen (secondary N) is 3. The third-order valence-corrected chi connectivity index (χ3v) is 4.25. The van der Waals surface area contributed by atoms with Crippen LogP contribution in [0.1, 0.15) is 29.8 Å². The van der Waals surface area contributed by atoms with Crippen LogP contribution in [-0.2, 0) is 9.59 Å². The summed E-state index contributed by atoms with van der Waals surface area (Å²) >= 11 is 0. The van der Waals surface area contributed by atoms with Crippen molar-refractivity contribution in [2.75, 3.05) is 11.9 Å². The summed E-state index contributed by atoms with van der Waals surface area (Å²) in [4.78, 5) is 36.9. The highest BCUT2D eigenvalue weighted by atomic mass is 19.2. The zero-order valence-electron chi connectivity index (χ0n) is 16.4. The Kier molecular flexibility index (Phi) is 7.41. The summed E-state index contributed by atoms with van der Waals surface area (Å²) in [5.74, 6) is -3.87. The van der Waals surface area contributed by atoms with Crippen molar-refractivity contribution in [2.24, 2.45) is 5.92 Å². The first kappa shape index (κ1) is 22.0. The molecular formula is C21H23F2N3O3. The second-order valence-corrected chi connectivity index (χ2v) is 6.90. The van der Waals surface area contributed by atoms with E-state index in [2.05, 4.69) is 16.0 Å². The number of carbonyl (C=O) groups is 3. The normalized spacial score (nSPS) is 11.7. The number of carbonyl (C=O) groups excluding carboxylic acids is 3. The van der Waals surface area contributed by atoms with Crippen molar-refractivity contribution in [3.8, 4) is 0 Å². The Morgan fingerprint density at radius 2 is 1.69 bits per heavy atom. The number of hydrogen-bond donors (Lipinski definition) is 3. The van der Waals surface area contributed by atoms with E-state index in [9.17, 15) is 23.2 Å². The van der Waals surface area contributed by atoms with Crippen molar-refractivity contribution in [1.29, 1.82) is 0 Å². The Morgan fingerprint density at radius 1 is 1.00 bits per heavy atom. The van der Waals surface area contributed by atoms with Crippen LogP contribution in [-0.4, -0.2) is 30.3 Å². The smallest absolute Gasteiger partial charge is 0.252 e. The van der Waals surface area contributed by atoms with Crippen LogP contribution in [0, 0.1) is 24.5 Å². The Morgan fingerprint density at radius 3 is 2.31 bits per heavy atom. The van der Waals surface area contributed by atoms with Gasteiger partial charge in [-0.05, 0) is 36.6 Å². The molecule has 2 aromatic rings. The molecule has 154 valence electrons. The maximum atomic E-state index is 13.2. The third-order valence-electron chi connectivity index (χ3n) is 4.25. The van der Waals surface area contributed by atoms with Gasteiger partial charge in [-0.25, -0.2) is 8.78 Å². The molecule has 0 fully saturated rings. The lowest BCUT2D eigenvalue weighted by Gasteiger charge is -2.22. The Hall–Kier alpha value is -3.29. The van der Waals surface area contributed by atoms with Crippen LogP contribution in [0.2, 0.25) is 0 Å². The number of rotatable bonds is 7. The van der Waals surface area contributed by atoms with Crippen LogP contribution in [0.5, 0.6) is 0 Å². The molecule has 3 N–H and O–H groups in total. The zero-order valence-corrected chi connectivity index (χ0v) is 16.4. The molecule has 0 heterocycles. The second kappa shape index (κ2) is 9.77. The van der Waals surface area contributed by atoms with E-state index in [0.717, 1.165) is 17.7 Å². The van der Waals surface area contributed by atoms with E-state index < -0.39 is 29.5 Å². The average Bonchev–Trinajstić information content (AvgIpc) is 2.67. The number of halogens is 2. The lowest BCUT2D eigenvalue weighted by atomic mass is 10.0. The molecule has 0 saturated heterocycles. The Labute approximate surface area is 167 Å². The van der Waals surface area contributed by atoms with Crippen molar-refractivity contribution >= 4 is 23.4 Å². The van der Waals surface area contributed by atoms with Crippen molar-refractivity contribution < 1.29 is 23.2 Å². The highest BCUT2D eigenvalue weighted by Gasteiger charge is 2.25. The van der Waals surface area contributed by atoms with Crippen molar-refractivity contribution in [2.45, 2.75) is 26.8 Å². The maximum absolute atomic E-state index is 13.2. The predicted octanol–water partition coefficient (Wildman–Crippen LogP) is 2.78. The number of aryl methyl sites for hydroxylation is 1. The van der Waals surface area contributed by atoms with Crippen molar-refractivity contribution in [3.05, 3.63) is 65.2 Å². The molecule has 0 saturated carbocycles. The van der Waals surface area contributed by atoms with Crippen molar-refractivity contribution in [1.82, 2.24) is 10.6 Å². The van der Waals surface area contributed by atoms with Crippen LogP contribution in [0.25, 0.3) is 0 Å². The van der Waals surface area contributed by atoms with E-state index in [4.69, 9.17) is 0 Å². The average molecular weight is 403 g/mol. The topological polar surface area (TPSA) is 87.3 Å². The molecule has 3 amide bonds. The van der Waals surface area contributed by atoms with Gasteiger partial charge in [0.1, 0.15) is 6.04 Å². The molecule has 0 aliphatic heterocycles. The van der Waals surface area contributed by atoms with Gasteiger partial charge in [-0.3, -0.25) is 14.4 Å². The molecular weight excluding hydrogens is 380 g/mol. The highest BCUT2D eigenvalue weighted by molar-refractivity contribution is 6.00. The van der Waals surface area contributed by atoms with Crippen molar-refractivity contribution in [3.63, 3.8) is 0 Å². The molecule has 0 bridgehead atoms. The monoisotopic (exact) mass is 403 g/mol. The summed E-state index contributed by atoms with van der Waals surface area (Å²) in [7, 11) is 0. The maximum Gasteiger partial charge on any atom is 0.252 e. The fraction of sp³-hybridized carbons (Fsp3) is 0.286. The highest BCUT2D eigenvalue weighted by Crippen LogP contribution is 2.13. The number of benzene rings is 2. The van der Waals surface area contributed by atoms with Gasteiger partial charge < -0.3 is 16.0 Å². The van der Waals surface area contributed by atoms with E-state index in [1.54, 1.807) is 39.0 Å². The van der Waals surface area contributed by atoms with Crippen LogP contribution in [0.4, 0.5) is 14.5 Å². The fourth-order valence-corrected chi connectivity index (χ4v) is 2.64. The molecule has 0 aliphatic rings. The van der Waals surface area contributed by atoms with Crippen LogP contribution in [0.15, 0.2) is 42.5 Å². The van der Waals surface area contributed by atoms with Gasteiger partial charge in [0, 0.05) is 17.3 Å². The lowest BCUT2D eigenvalue weighted by molar-refractivity contribution is -0.126. The van der Waals surface area contributed by atoms with Gasteiger partial charge in [0.2, 0.25) is 11.8 Å². The fourth-order valence-electron chi connectivity index (χ4n) is 2.64. The number of hydrogen-bond acceptors (Lipinski definition) is 3. The molecule has 0 radical (unpaired) electrons. The SMILES string of the molecule is Cc1ccccc1C(=O)N[C@@H](C(=O)NCC(=O)Nc1ccc(F)c(F)c1)C(C)C. The minimum absolute atomic E-state index is 0.0661. The van der Waals surface area contributed by atoms with Gasteiger partial charge in [-0.2, -0.15) is 0 Å². The summed E-state index contributed by atoms with van der Waals surface area (Å²) in [5.41, 5.74) is 1.30. The van der Waals surface area contributed by atoms with Gasteiger partial charge in [-0.15, -0.1) is 0 Å². The van der Waals surface area contributed by atoms with E-state index in [0.29, 0.717) is 5.56 Å². The first-order valence-electron chi connectivity index (χ1n) is 9.08. The quantitative estimate of drug-likeness (QED) is 0.664. The first-order chi connectivity index (χ1) is 13.7. The molecule has 1 atom stereocenters. The van der Waals surface area contributed by atoms with Gasteiger partial charge in [0.25, 0.3) is 5.91 Å².